The number of benzene rings is 2. The fraction of sp³-hybridized carbons (Fsp3) is 0.292. The summed E-state index contributed by atoms with van der Waals surface area (Å²) >= 11 is 0. The van der Waals surface area contributed by atoms with Gasteiger partial charge in [0, 0.05) is 17.9 Å². The molecule has 0 bridgehead atoms. The van der Waals surface area contributed by atoms with Crippen LogP contribution in [0.3, 0.4) is 0 Å². The molecule has 2 fully saturated rings. The molecular weight excluding hydrogens is 382 g/mol. The highest BCUT2D eigenvalue weighted by atomic mass is 16.5. The molecule has 2 aromatic rings. The molecule has 2 amide bonds. The first-order valence-corrected chi connectivity index (χ1v) is 10.2. The van der Waals surface area contributed by atoms with Crippen molar-refractivity contribution in [1.82, 2.24) is 0 Å². The van der Waals surface area contributed by atoms with Gasteiger partial charge < -0.3 is 9.84 Å². The molecule has 0 spiro atoms. The lowest BCUT2D eigenvalue weighted by Crippen LogP contribution is -2.47. The maximum Gasteiger partial charge on any atom is 0.238 e. The van der Waals surface area contributed by atoms with E-state index in [9.17, 15) is 19.5 Å². The monoisotopic (exact) mass is 403 g/mol. The molecule has 0 unspecified atom stereocenters. The van der Waals surface area contributed by atoms with E-state index < -0.39 is 29.8 Å². The Bertz CT molecular complexity index is 1050. The van der Waals surface area contributed by atoms with E-state index in [4.69, 9.17) is 4.74 Å². The maximum absolute atomic E-state index is 13.3. The Kier molecular flexibility index (Phi) is 4.51. The predicted octanol–water partition coefficient (Wildman–Crippen LogP) is 3.11. The second-order valence-electron chi connectivity index (χ2n) is 8.07. The summed E-state index contributed by atoms with van der Waals surface area (Å²) in [6.45, 7) is 0. The van der Waals surface area contributed by atoms with E-state index in [1.165, 1.54) is 17.1 Å². The van der Waals surface area contributed by atoms with Gasteiger partial charge in [-0.05, 0) is 43.2 Å². The summed E-state index contributed by atoms with van der Waals surface area (Å²) in [5.74, 6) is -1.66. The van der Waals surface area contributed by atoms with Crippen LogP contribution >= 0.6 is 0 Å². The first-order valence-electron chi connectivity index (χ1n) is 10.2. The Balaban J connectivity index is 1.46. The van der Waals surface area contributed by atoms with Crippen molar-refractivity contribution in [1.29, 1.82) is 0 Å². The van der Waals surface area contributed by atoms with Crippen LogP contribution < -0.4 is 9.64 Å². The van der Waals surface area contributed by atoms with Crippen LogP contribution in [0, 0.1) is 23.7 Å². The minimum absolute atomic E-state index is 0.0688. The lowest BCUT2D eigenvalue weighted by molar-refractivity contribution is -0.135. The van der Waals surface area contributed by atoms with E-state index in [2.05, 4.69) is 0 Å². The summed E-state index contributed by atoms with van der Waals surface area (Å²) in [6, 6.07) is 16.1. The van der Waals surface area contributed by atoms with Gasteiger partial charge in [-0.15, -0.1) is 0 Å². The van der Waals surface area contributed by atoms with Gasteiger partial charge >= 0.3 is 0 Å². The number of aliphatic hydroxyl groups is 1. The largest absolute Gasteiger partial charge is 0.457 e. The van der Waals surface area contributed by atoms with Gasteiger partial charge in [-0.25, -0.2) is 4.90 Å². The van der Waals surface area contributed by atoms with Gasteiger partial charge in [0.15, 0.2) is 5.78 Å². The SMILES string of the molecule is O=C1C=C[C@@H](O)[C@@H]2[C@@H]3C(=O)N(c4cccc(Oc5ccccc5)c4)C(=O)[C@@H]3CC[C@@H]12. The topological polar surface area (TPSA) is 83.9 Å². The molecule has 1 saturated heterocycles. The van der Waals surface area contributed by atoms with Crippen LogP contribution in [0.25, 0.3) is 0 Å². The van der Waals surface area contributed by atoms with Gasteiger partial charge in [0.25, 0.3) is 0 Å². The van der Waals surface area contributed by atoms with E-state index in [1.807, 2.05) is 30.3 Å². The number of ketones is 1. The molecule has 6 nitrogen and oxygen atoms in total. The molecule has 1 N–H and O–H groups in total. The number of nitrogens with zero attached hydrogens (tertiary/aromatic N) is 1. The molecule has 30 heavy (non-hydrogen) atoms. The summed E-state index contributed by atoms with van der Waals surface area (Å²) < 4.78 is 5.84. The number of amides is 2. The molecule has 6 heteroatoms. The predicted molar refractivity (Wildman–Crippen MR) is 109 cm³/mol. The third kappa shape index (κ3) is 2.95. The summed E-state index contributed by atoms with van der Waals surface area (Å²) in [6.07, 6.45) is 2.93. The zero-order chi connectivity index (χ0) is 20.8. The highest BCUT2D eigenvalue weighted by molar-refractivity contribution is 6.22. The van der Waals surface area contributed by atoms with Crippen molar-refractivity contribution in [2.45, 2.75) is 18.9 Å². The number of hydrogen-bond acceptors (Lipinski definition) is 5. The first-order chi connectivity index (χ1) is 14.5. The summed E-state index contributed by atoms with van der Waals surface area (Å²) in [4.78, 5) is 40.0. The minimum atomic E-state index is -0.898. The van der Waals surface area contributed by atoms with Crippen LogP contribution in [-0.2, 0) is 14.4 Å². The van der Waals surface area contributed by atoms with Gasteiger partial charge in [0.2, 0.25) is 11.8 Å². The Morgan fingerprint density at radius 3 is 2.40 bits per heavy atom. The Morgan fingerprint density at radius 1 is 0.867 bits per heavy atom. The van der Waals surface area contributed by atoms with E-state index in [1.54, 1.807) is 24.3 Å². The number of hydrogen-bond donors (Lipinski definition) is 1. The number of rotatable bonds is 3. The van der Waals surface area contributed by atoms with Crippen molar-refractivity contribution in [2.75, 3.05) is 4.90 Å². The van der Waals surface area contributed by atoms with Crippen LogP contribution in [0.2, 0.25) is 0 Å². The number of allylic oxidation sites excluding steroid dienone is 1. The Morgan fingerprint density at radius 2 is 1.60 bits per heavy atom. The molecular formula is C24H21NO5. The van der Waals surface area contributed by atoms with Crippen molar-refractivity contribution < 1.29 is 24.2 Å². The third-order valence-corrected chi connectivity index (χ3v) is 6.42. The zero-order valence-electron chi connectivity index (χ0n) is 16.2. The normalized spacial score (nSPS) is 30.2. The smallest absolute Gasteiger partial charge is 0.238 e. The molecule has 0 radical (unpaired) electrons. The number of carbonyl (C=O) groups excluding carboxylic acids is 3. The molecule has 1 heterocycles. The van der Waals surface area contributed by atoms with Gasteiger partial charge in [-0.1, -0.05) is 30.3 Å². The number of anilines is 1. The molecule has 1 aliphatic heterocycles. The van der Waals surface area contributed by atoms with Gasteiger partial charge in [0.1, 0.15) is 11.5 Å². The van der Waals surface area contributed by atoms with Crippen molar-refractivity contribution in [2.24, 2.45) is 23.7 Å². The highest BCUT2D eigenvalue weighted by Gasteiger charge is 2.58. The standard InChI is InChI=1S/C24H21NO5/c26-19-11-12-20(27)21-17(19)9-10-18-22(21)24(29)25(23(18)28)14-5-4-8-16(13-14)30-15-6-2-1-3-7-15/h1-8,11-13,17-18,20-22,27H,9-10H2/t17-,18+,20+,21+,22+/m0/s1. The lowest BCUT2D eigenvalue weighted by Gasteiger charge is -2.40. The Labute approximate surface area is 173 Å². The van der Waals surface area contributed by atoms with Crippen molar-refractivity contribution in [3.05, 3.63) is 66.7 Å². The fourth-order valence-electron chi connectivity index (χ4n) is 5.08. The van der Waals surface area contributed by atoms with E-state index in [-0.39, 0.29) is 17.6 Å². The molecule has 1 saturated carbocycles. The lowest BCUT2D eigenvalue weighted by atomic mass is 9.62. The number of ether oxygens (including phenoxy) is 1. The van der Waals surface area contributed by atoms with Crippen molar-refractivity contribution in [3.63, 3.8) is 0 Å². The molecule has 0 aromatic heterocycles. The van der Waals surface area contributed by atoms with Crippen LogP contribution in [-0.4, -0.2) is 28.8 Å². The van der Waals surface area contributed by atoms with Crippen LogP contribution in [0.5, 0.6) is 11.5 Å². The Hall–Kier alpha value is -3.25. The van der Waals surface area contributed by atoms with Gasteiger partial charge in [0.05, 0.1) is 23.6 Å². The van der Waals surface area contributed by atoms with Gasteiger partial charge in [-0.2, -0.15) is 0 Å². The van der Waals surface area contributed by atoms with Crippen LogP contribution in [0.15, 0.2) is 66.7 Å². The van der Waals surface area contributed by atoms with Crippen LogP contribution in [0.4, 0.5) is 5.69 Å². The average Bonchev–Trinajstić information content (AvgIpc) is 3.02. The van der Waals surface area contributed by atoms with Crippen LogP contribution in [0.1, 0.15) is 12.8 Å². The number of aliphatic hydroxyl groups excluding tert-OH is 1. The van der Waals surface area contributed by atoms with E-state index >= 15 is 0 Å². The second-order valence-corrected chi connectivity index (χ2v) is 8.07. The maximum atomic E-state index is 13.3. The van der Waals surface area contributed by atoms with E-state index in [0.717, 1.165) is 0 Å². The molecule has 2 aliphatic carbocycles. The zero-order valence-corrected chi connectivity index (χ0v) is 16.2. The molecule has 5 atom stereocenters. The first kappa shape index (κ1) is 18.8. The average molecular weight is 403 g/mol. The van der Waals surface area contributed by atoms with Crippen molar-refractivity contribution >= 4 is 23.3 Å². The summed E-state index contributed by atoms with van der Waals surface area (Å²) in [7, 11) is 0. The molecule has 3 aliphatic rings. The second kappa shape index (κ2) is 7.22. The number of imide groups is 1. The summed E-state index contributed by atoms with van der Waals surface area (Å²) in [5.41, 5.74) is 0.441. The molecule has 5 rings (SSSR count). The summed E-state index contributed by atoms with van der Waals surface area (Å²) in [5, 5.41) is 10.5. The van der Waals surface area contributed by atoms with Crippen molar-refractivity contribution in [3.8, 4) is 11.5 Å². The third-order valence-electron chi connectivity index (χ3n) is 6.42. The molecule has 2 aromatic carbocycles. The number of carbonyl (C=O) groups is 3. The highest BCUT2D eigenvalue weighted by Crippen LogP contribution is 2.49. The van der Waals surface area contributed by atoms with Gasteiger partial charge in [-0.3, -0.25) is 14.4 Å². The van der Waals surface area contributed by atoms with E-state index in [0.29, 0.717) is 30.0 Å². The quantitative estimate of drug-likeness (QED) is 0.796. The fourth-order valence-corrected chi connectivity index (χ4v) is 5.08. The number of fused-ring (bicyclic) bond motifs is 3. The minimum Gasteiger partial charge on any atom is -0.457 e. The number of para-hydroxylation sites is 1. The molecule has 152 valence electrons.